The van der Waals surface area contributed by atoms with E-state index in [4.69, 9.17) is 14.2 Å². The molecule has 1 aliphatic heterocycles. The minimum atomic E-state index is -0.101. The molecule has 0 saturated heterocycles. The van der Waals surface area contributed by atoms with Gasteiger partial charge in [-0.2, -0.15) is 0 Å². The lowest BCUT2D eigenvalue weighted by molar-refractivity contribution is 0.104. The highest BCUT2D eigenvalue weighted by Gasteiger charge is 2.14. The van der Waals surface area contributed by atoms with E-state index in [1.54, 1.807) is 24.3 Å². The Balaban J connectivity index is 1.84. The van der Waals surface area contributed by atoms with E-state index in [-0.39, 0.29) is 23.0 Å². The molecule has 0 radical (unpaired) electrons. The third kappa shape index (κ3) is 3.06. The fourth-order valence-electron chi connectivity index (χ4n) is 2.62. The van der Waals surface area contributed by atoms with E-state index >= 15 is 0 Å². The van der Waals surface area contributed by atoms with Crippen molar-refractivity contribution in [3.8, 4) is 23.0 Å². The molecule has 0 atom stereocenters. The largest absolute Gasteiger partial charge is 0.502 e. The molecule has 2 aromatic carbocycles. The first-order chi connectivity index (χ1) is 11.6. The second-order valence-corrected chi connectivity index (χ2v) is 5.39. The van der Waals surface area contributed by atoms with Gasteiger partial charge in [0.15, 0.2) is 17.3 Å². The third-order valence-electron chi connectivity index (χ3n) is 3.90. The molecule has 5 heteroatoms. The van der Waals surface area contributed by atoms with Gasteiger partial charge >= 0.3 is 0 Å². The van der Waals surface area contributed by atoms with Gasteiger partial charge in [0.1, 0.15) is 5.75 Å². The van der Waals surface area contributed by atoms with Gasteiger partial charge in [0.25, 0.3) is 0 Å². The van der Waals surface area contributed by atoms with Crippen LogP contribution in [0.5, 0.6) is 23.0 Å². The first-order valence-corrected chi connectivity index (χ1v) is 7.55. The number of carbonyl (C=O) groups is 1. The predicted octanol–water partition coefficient (Wildman–Crippen LogP) is 3.24. The van der Waals surface area contributed by atoms with E-state index in [0.717, 1.165) is 17.7 Å². The maximum atomic E-state index is 12.4. The molecule has 24 heavy (non-hydrogen) atoms. The zero-order chi connectivity index (χ0) is 17.1. The molecule has 3 rings (SSSR count). The molecule has 0 aromatic heterocycles. The summed E-state index contributed by atoms with van der Waals surface area (Å²) in [6.45, 7) is 0.663. The van der Waals surface area contributed by atoms with Crippen molar-refractivity contribution < 1.29 is 24.1 Å². The van der Waals surface area contributed by atoms with Crippen molar-refractivity contribution in [3.63, 3.8) is 0 Å². The summed E-state index contributed by atoms with van der Waals surface area (Å²) in [4.78, 5) is 12.4. The van der Waals surface area contributed by atoms with Crippen LogP contribution in [0.1, 0.15) is 21.5 Å². The second kappa shape index (κ2) is 6.66. The summed E-state index contributed by atoms with van der Waals surface area (Å²) >= 11 is 0. The number of allylic oxidation sites excluding steroid dienone is 1. The van der Waals surface area contributed by atoms with Crippen LogP contribution in [0.15, 0.2) is 36.4 Å². The molecular weight excluding hydrogens is 308 g/mol. The van der Waals surface area contributed by atoms with Crippen LogP contribution in [0.2, 0.25) is 0 Å². The summed E-state index contributed by atoms with van der Waals surface area (Å²) in [6, 6.07) is 8.73. The molecule has 1 aliphatic rings. The van der Waals surface area contributed by atoms with Crippen LogP contribution in [0, 0.1) is 0 Å². The summed E-state index contributed by atoms with van der Waals surface area (Å²) in [7, 11) is 2.92. The van der Waals surface area contributed by atoms with Gasteiger partial charge in [-0.25, -0.2) is 0 Å². The lowest BCUT2D eigenvalue weighted by atomic mass is 10.0. The molecule has 124 valence electrons. The van der Waals surface area contributed by atoms with Gasteiger partial charge in [0, 0.05) is 12.0 Å². The highest BCUT2D eigenvalue weighted by molar-refractivity contribution is 6.07. The van der Waals surface area contributed by atoms with E-state index in [2.05, 4.69) is 0 Å². The molecule has 5 nitrogen and oxygen atoms in total. The summed E-state index contributed by atoms with van der Waals surface area (Å²) in [6.07, 6.45) is 3.98. The number of aromatic hydroxyl groups is 1. The van der Waals surface area contributed by atoms with Crippen molar-refractivity contribution in [1.29, 1.82) is 0 Å². The van der Waals surface area contributed by atoms with Gasteiger partial charge in [-0.3, -0.25) is 4.79 Å². The zero-order valence-corrected chi connectivity index (χ0v) is 13.5. The lowest BCUT2D eigenvalue weighted by Crippen LogP contribution is -1.95. The Hall–Kier alpha value is -2.95. The Bertz CT molecular complexity index is 782. The van der Waals surface area contributed by atoms with Crippen LogP contribution in [-0.2, 0) is 6.42 Å². The number of phenolic OH excluding ortho intramolecular Hbond substituents is 1. The van der Waals surface area contributed by atoms with E-state index in [1.165, 1.54) is 20.3 Å². The van der Waals surface area contributed by atoms with E-state index in [0.29, 0.717) is 17.7 Å². The first-order valence-electron chi connectivity index (χ1n) is 7.55. The van der Waals surface area contributed by atoms with Crippen LogP contribution >= 0.6 is 0 Å². The number of hydrogen-bond acceptors (Lipinski definition) is 5. The van der Waals surface area contributed by atoms with Gasteiger partial charge in [-0.05, 0) is 47.5 Å². The Morgan fingerprint density at radius 1 is 1.17 bits per heavy atom. The predicted molar refractivity (Wildman–Crippen MR) is 90.2 cm³/mol. The molecule has 0 unspecified atom stereocenters. The first kappa shape index (κ1) is 15.9. The number of methoxy groups -OCH3 is 2. The lowest BCUT2D eigenvalue weighted by Gasteiger charge is -2.09. The van der Waals surface area contributed by atoms with Gasteiger partial charge in [0.05, 0.1) is 20.8 Å². The Labute approximate surface area is 140 Å². The molecule has 0 bridgehead atoms. The summed E-state index contributed by atoms with van der Waals surface area (Å²) < 4.78 is 15.7. The van der Waals surface area contributed by atoms with Gasteiger partial charge in [0.2, 0.25) is 5.75 Å². The number of rotatable bonds is 5. The molecule has 0 fully saturated rings. The second-order valence-electron chi connectivity index (χ2n) is 5.39. The summed E-state index contributed by atoms with van der Waals surface area (Å²) in [5.74, 6) is 1.26. The molecule has 0 aliphatic carbocycles. The number of carbonyl (C=O) groups excluding carboxylic acids is 1. The fraction of sp³-hybridized carbons (Fsp3) is 0.211. The average molecular weight is 326 g/mol. The minimum absolute atomic E-state index is 0.0675. The molecule has 0 spiro atoms. The minimum Gasteiger partial charge on any atom is -0.502 e. The summed E-state index contributed by atoms with van der Waals surface area (Å²) in [5.41, 5.74) is 2.37. The van der Waals surface area contributed by atoms with Crippen LogP contribution < -0.4 is 14.2 Å². The van der Waals surface area contributed by atoms with Crippen LogP contribution in [0.4, 0.5) is 0 Å². The highest BCUT2D eigenvalue weighted by Crippen LogP contribution is 2.37. The monoisotopic (exact) mass is 326 g/mol. The van der Waals surface area contributed by atoms with Crippen molar-refractivity contribution in [1.82, 2.24) is 0 Å². The standard InChI is InChI=1S/C19H18O5/c1-22-17-9-12(10-18(23-2)19(17)21)3-5-15(20)13-4-6-16-14(11-13)7-8-24-16/h3-6,9-11,21H,7-8H2,1-2H3/b5-3+. The number of ether oxygens (including phenoxy) is 3. The van der Waals surface area contributed by atoms with Crippen molar-refractivity contribution in [2.24, 2.45) is 0 Å². The highest BCUT2D eigenvalue weighted by atomic mass is 16.5. The Morgan fingerprint density at radius 2 is 1.88 bits per heavy atom. The fourth-order valence-corrected chi connectivity index (χ4v) is 2.62. The number of fused-ring (bicyclic) bond motifs is 1. The molecule has 2 aromatic rings. The van der Waals surface area contributed by atoms with Gasteiger partial charge in [-0.1, -0.05) is 6.08 Å². The van der Waals surface area contributed by atoms with Crippen molar-refractivity contribution in [2.45, 2.75) is 6.42 Å². The number of hydrogen-bond donors (Lipinski definition) is 1. The van der Waals surface area contributed by atoms with E-state index < -0.39 is 0 Å². The third-order valence-corrected chi connectivity index (χ3v) is 3.90. The molecular formula is C19H18O5. The Morgan fingerprint density at radius 3 is 2.54 bits per heavy atom. The SMILES string of the molecule is COc1cc(/C=C/C(=O)c2ccc3c(c2)CCO3)cc(OC)c1O. The van der Waals surface area contributed by atoms with Crippen LogP contribution in [0.3, 0.4) is 0 Å². The number of ketones is 1. The maximum absolute atomic E-state index is 12.4. The quantitative estimate of drug-likeness (QED) is 0.675. The van der Waals surface area contributed by atoms with Crippen LogP contribution in [0.25, 0.3) is 6.08 Å². The van der Waals surface area contributed by atoms with E-state index in [1.807, 2.05) is 12.1 Å². The van der Waals surface area contributed by atoms with Crippen molar-refractivity contribution >= 4 is 11.9 Å². The zero-order valence-electron chi connectivity index (χ0n) is 13.5. The van der Waals surface area contributed by atoms with Crippen molar-refractivity contribution in [3.05, 3.63) is 53.1 Å². The molecule has 1 N–H and O–H groups in total. The molecule has 0 amide bonds. The van der Waals surface area contributed by atoms with Gasteiger partial charge in [-0.15, -0.1) is 0 Å². The normalized spacial score (nSPS) is 12.8. The van der Waals surface area contributed by atoms with Crippen LogP contribution in [-0.4, -0.2) is 31.7 Å². The van der Waals surface area contributed by atoms with E-state index in [9.17, 15) is 9.90 Å². The van der Waals surface area contributed by atoms with Crippen molar-refractivity contribution in [2.75, 3.05) is 20.8 Å². The molecule has 1 heterocycles. The average Bonchev–Trinajstić information content (AvgIpc) is 3.08. The smallest absolute Gasteiger partial charge is 0.200 e. The Kier molecular flexibility index (Phi) is 4.42. The number of phenols is 1. The maximum Gasteiger partial charge on any atom is 0.200 e. The number of benzene rings is 2. The molecule has 0 saturated carbocycles. The topological polar surface area (TPSA) is 65.0 Å². The van der Waals surface area contributed by atoms with Gasteiger partial charge < -0.3 is 19.3 Å². The summed E-state index contributed by atoms with van der Waals surface area (Å²) in [5, 5.41) is 9.91.